The van der Waals surface area contributed by atoms with E-state index in [1.807, 2.05) is 0 Å². The summed E-state index contributed by atoms with van der Waals surface area (Å²) in [5.74, 6) is -0.888. The maximum absolute atomic E-state index is 13.4. The first-order valence-corrected chi connectivity index (χ1v) is 6.79. The van der Waals surface area contributed by atoms with Crippen molar-refractivity contribution in [1.82, 2.24) is 0 Å². The maximum atomic E-state index is 13.4. The SMILES string of the molecule is FC(F)(F)C1=NN(c2ccccc2)C=CC1c1ccccc1. The largest absolute Gasteiger partial charge is 0.432 e. The predicted octanol–water partition coefficient (Wildman–Crippen LogP) is 4.72. The molecule has 0 spiro atoms. The van der Waals surface area contributed by atoms with Crippen LogP contribution in [0, 0.1) is 0 Å². The van der Waals surface area contributed by atoms with Crippen LogP contribution < -0.4 is 5.01 Å². The fourth-order valence-corrected chi connectivity index (χ4v) is 2.36. The zero-order valence-corrected chi connectivity index (χ0v) is 11.5. The lowest BCUT2D eigenvalue weighted by molar-refractivity contribution is -0.0611. The van der Waals surface area contributed by atoms with E-state index in [4.69, 9.17) is 0 Å². The molecule has 0 amide bonds. The van der Waals surface area contributed by atoms with E-state index < -0.39 is 17.8 Å². The van der Waals surface area contributed by atoms with Crippen molar-refractivity contribution in [3.8, 4) is 0 Å². The number of alkyl halides is 3. The van der Waals surface area contributed by atoms with Gasteiger partial charge >= 0.3 is 6.18 Å². The van der Waals surface area contributed by atoms with E-state index in [2.05, 4.69) is 5.10 Å². The zero-order chi connectivity index (χ0) is 15.6. The summed E-state index contributed by atoms with van der Waals surface area (Å²) < 4.78 is 40.1. The molecule has 2 nitrogen and oxygen atoms in total. The molecule has 1 aliphatic heterocycles. The van der Waals surface area contributed by atoms with Gasteiger partial charge in [-0.05, 0) is 17.7 Å². The van der Waals surface area contributed by atoms with Crippen molar-refractivity contribution in [3.63, 3.8) is 0 Å². The van der Waals surface area contributed by atoms with Gasteiger partial charge in [-0.15, -0.1) is 0 Å². The number of nitrogens with zero attached hydrogens (tertiary/aromatic N) is 2. The highest BCUT2D eigenvalue weighted by Crippen LogP contribution is 2.34. The summed E-state index contributed by atoms with van der Waals surface area (Å²) in [7, 11) is 0. The summed E-state index contributed by atoms with van der Waals surface area (Å²) in [6.07, 6.45) is -1.39. The Balaban J connectivity index is 2.00. The van der Waals surface area contributed by atoms with Crippen LogP contribution in [0.5, 0.6) is 0 Å². The molecule has 1 unspecified atom stereocenters. The number of benzene rings is 2. The van der Waals surface area contributed by atoms with Crippen LogP contribution >= 0.6 is 0 Å². The Morgan fingerprint density at radius 1 is 0.864 bits per heavy atom. The molecule has 2 aromatic rings. The van der Waals surface area contributed by atoms with Gasteiger partial charge in [-0.1, -0.05) is 54.6 Å². The van der Waals surface area contributed by atoms with Crippen molar-refractivity contribution in [2.24, 2.45) is 5.10 Å². The number of rotatable bonds is 2. The van der Waals surface area contributed by atoms with Crippen LogP contribution in [0.4, 0.5) is 18.9 Å². The van der Waals surface area contributed by atoms with Gasteiger partial charge in [0.15, 0.2) is 5.71 Å². The second-order valence-electron chi connectivity index (χ2n) is 4.89. The van der Waals surface area contributed by atoms with Gasteiger partial charge in [0.2, 0.25) is 0 Å². The van der Waals surface area contributed by atoms with Crippen molar-refractivity contribution in [2.75, 3.05) is 5.01 Å². The highest BCUT2D eigenvalue weighted by molar-refractivity contribution is 5.98. The predicted molar refractivity (Wildman–Crippen MR) is 80.7 cm³/mol. The lowest BCUT2D eigenvalue weighted by Crippen LogP contribution is -2.34. The summed E-state index contributed by atoms with van der Waals surface area (Å²) in [5.41, 5.74) is 0.347. The highest BCUT2D eigenvalue weighted by atomic mass is 19.4. The molecule has 0 radical (unpaired) electrons. The monoisotopic (exact) mass is 302 g/mol. The van der Waals surface area contributed by atoms with Gasteiger partial charge in [0.1, 0.15) is 0 Å². The van der Waals surface area contributed by atoms with E-state index in [9.17, 15) is 13.2 Å². The van der Waals surface area contributed by atoms with Gasteiger partial charge < -0.3 is 0 Å². The Labute approximate surface area is 126 Å². The maximum Gasteiger partial charge on any atom is 0.432 e. The summed E-state index contributed by atoms with van der Waals surface area (Å²) in [5, 5.41) is 5.07. The number of halogens is 3. The number of hydrazone groups is 1. The van der Waals surface area contributed by atoms with E-state index in [1.54, 1.807) is 66.9 Å². The van der Waals surface area contributed by atoms with Crippen molar-refractivity contribution in [3.05, 3.63) is 78.5 Å². The minimum absolute atomic E-state index is 0.572. The quantitative estimate of drug-likeness (QED) is 0.783. The van der Waals surface area contributed by atoms with E-state index >= 15 is 0 Å². The van der Waals surface area contributed by atoms with Gasteiger partial charge in [0.05, 0.1) is 11.6 Å². The average Bonchev–Trinajstić information content (AvgIpc) is 2.55. The lowest BCUT2D eigenvalue weighted by Gasteiger charge is -2.27. The average molecular weight is 302 g/mol. The van der Waals surface area contributed by atoms with Crippen LogP contribution in [0.25, 0.3) is 0 Å². The number of hydrogen-bond donors (Lipinski definition) is 0. The van der Waals surface area contributed by atoms with Crippen LogP contribution in [0.2, 0.25) is 0 Å². The first-order valence-electron chi connectivity index (χ1n) is 6.79. The molecule has 5 heteroatoms. The highest BCUT2D eigenvalue weighted by Gasteiger charge is 2.42. The zero-order valence-electron chi connectivity index (χ0n) is 11.5. The van der Waals surface area contributed by atoms with Crippen LogP contribution in [0.15, 0.2) is 78.0 Å². The van der Waals surface area contributed by atoms with Crippen molar-refractivity contribution in [2.45, 2.75) is 12.1 Å². The van der Waals surface area contributed by atoms with E-state index in [0.29, 0.717) is 11.3 Å². The number of anilines is 1. The number of allylic oxidation sites excluding steroid dienone is 1. The molecule has 22 heavy (non-hydrogen) atoms. The molecular formula is C17H13F3N2. The van der Waals surface area contributed by atoms with Crippen molar-refractivity contribution < 1.29 is 13.2 Å². The summed E-state index contributed by atoms with van der Waals surface area (Å²) in [4.78, 5) is 0. The molecule has 1 heterocycles. The standard InChI is InChI=1S/C17H13F3N2/c18-17(19,20)16-15(13-7-3-1-4-8-13)11-12-22(21-16)14-9-5-2-6-10-14/h1-12,15H. The van der Waals surface area contributed by atoms with Crippen LogP contribution in [-0.4, -0.2) is 11.9 Å². The smallest absolute Gasteiger partial charge is 0.241 e. The van der Waals surface area contributed by atoms with Gasteiger partial charge in [-0.3, -0.25) is 0 Å². The molecule has 0 bridgehead atoms. The molecule has 0 fully saturated rings. The molecule has 1 aliphatic rings. The van der Waals surface area contributed by atoms with E-state index in [-0.39, 0.29) is 0 Å². The molecule has 3 rings (SSSR count). The van der Waals surface area contributed by atoms with Crippen molar-refractivity contribution in [1.29, 1.82) is 0 Å². The van der Waals surface area contributed by atoms with Gasteiger partial charge in [-0.2, -0.15) is 18.3 Å². The van der Waals surface area contributed by atoms with Crippen LogP contribution in [0.3, 0.4) is 0 Å². The Morgan fingerprint density at radius 2 is 1.45 bits per heavy atom. The third-order valence-electron chi connectivity index (χ3n) is 3.40. The minimum atomic E-state index is -4.49. The number of hydrogen-bond acceptors (Lipinski definition) is 2. The third-order valence-corrected chi connectivity index (χ3v) is 3.40. The Hall–Kier alpha value is -2.56. The fourth-order valence-electron chi connectivity index (χ4n) is 2.36. The Bertz CT molecular complexity index is 691. The molecule has 0 saturated carbocycles. The van der Waals surface area contributed by atoms with Crippen LogP contribution in [-0.2, 0) is 0 Å². The molecule has 0 aliphatic carbocycles. The lowest BCUT2D eigenvalue weighted by atomic mass is 9.93. The van der Waals surface area contributed by atoms with Crippen LogP contribution in [0.1, 0.15) is 11.5 Å². The van der Waals surface area contributed by atoms with Crippen molar-refractivity contribution >= 4 is 11.4 Å². The molecule has 0 aromatic heterocycles. The number of para-hydroxylation sites is 1. The van der Waals surface area contributed by atoms with Gasteiger partial charge in [0.25, 0.3) is 0 Å². The summed E-state index contributed by atoms with van der Waals surface area (Å²) in [6.45, 7) is 0. The van der Waals surface area contributed by atoms with Gasteiger partial charge in [0, 0.05) is 6.20 Å². The fraction of sp³-hybridized carbons (Fsp3) is 0.118. The second-order valence-corrected chi connectivity index (χ2v) is 4.89. The molecule has 0 saturated heterocycles. The molecular weight excluding hydrogens is 289 g/mol. The first-order chi connectivity index (χ1) is 10.6. The third kappa shape index (κ3) is 2.88. The topological polar surface area (TPSA) is 15.6 Å². The molecule has 1 atom stereocenters. The van der Waals surface area contributed by atoms with Gasteiger partial charge in [-0.25, -0.2) is 5.01 Å². The summed E-state index contributed by atoms with van der Waals surface area (Å²) >= 11 is 0. The minimum Gasteiger partial charge on any atom is -0.241 e. The summed E-state index contributed by atoms with van der Waals surface area (Å²) in [6, 6.07) is 17.3. The van der Waals surface area contributed by atoms with E-state index in [1.165, 1.54) is 11.1 Å². The Morgan fingerprint density at radius 3 is 2.05 bits per heavy atom. The molecule has 2 aromatic carbocycles. The molecule has 112 valence electrons. The van der Waals surface area contributed by atoms with E-state index in [0.717, 1.165) is 0 Å². The first kappa shape index (κ1) is 14.4. The molecule has 0 N–H and O–H groups in total. The second kappa shape index (κ2) is 5.67. The normalized spacial score (nSPS) is 18.2. The Kier molecular flexibility index (Phi) is 3.71.